The maximum absolute atomic E-state index is 12.5. The molecule has 0 saturated heterocycles. The lowest BCUT2D eigenvalue weighted by Crippen LogP contribution is -2.24. The lowest BCUT2D eigenvalue weighted by Gasteiger charge is -2.20. The molecule has 0 aliphatic heterocycles. The molecule has 3 N–H and O–H groups in total. The average Bonchev–Trinajstić information content (AvgIpc) is 3.44. The van der Waals surface area contributed by atoms with E-state index in [0.717, 1.165) is 58.2 Å². The minimum atomic E-state index is -0.726. The number of hydrogen-bond donors (Lipinski definition) is 2. The van der Waals surface area contributed by atoms with E-state index >= 15 is 0 Å². The zero-order valence-electron chi connectivity index (χ0n) is 17.8. The number of methoxy groups -OCH3 is 1. The third-order valence-electron chi connectivity index (χ3n) is 6.30. The van der Waals surface area contributed by atoms with Gasteiger partial charge in [0.25, 0.3) is 5.56 Å². The lowest BCUT2D eigenvalue weighted by atomic mass is 9.91. The summed E-state index contributed by atoms with van der Waals surface area (Å²) in [5.74, 6) is 0.856. The number of aromatic nitrogens is 2. The van der Waals surface area contributed by atoms with Gasteiger partial charge >= 0.3 is 6.09 Å². The number of hydrogen-bond acceptors (Lipinski definition) is 6. The first-order valence-corrected chi connectivity index (χ1v) is 11.4. The van der Waals surface area contributed by atoms with Crippen LogP contribution in [0.15, 0.2) is 40.6 Å². The molecule has 1 aliphatic carbocycles. The van der Waals surface area contributed by atoms with Crippen LogP contribution in [0.4, 0.5) is 4.79 Å². The van der Waals surface area contributed by atoms with Crippen molar-refractivity contribution >= 4 is 38.5 Å². The van der Waals surface area contributed by atoms with E-state index in [-0.39, 0.29) is 17.6 Å². The van der Waals surface area contributed by atoms with Gasteiger partial charge in [-0.1, -0.05) is 24.3 Å². The molecule has 8 heteroatoms. The highest BCUT2D eigenvalue weighted by molar-refractivity contribution is 7.16. The molecule has 2 unspecified atom stereocenters. The number of primary amides is 1. The Bertz CT molecular complexity index is 1390. The Morgan fingerprint density at radius 1 is 1.25 bits per heavy atom. The van der Waals surface area contributed by atoms with Crippen LogP contribution in [-0.2, 0) is 4.74 Å². The van der Waals surface area contributed by atoms with Crippen molar-refractivity contribution in [3.63, 3.8) is 0 Å². The van der Waals surface area contributed by atoms with Crippen LogP contribution in [0.1, 0.15) is 36.3 Å². The molecule has 4 aromatic rings. The fraction of sp³-hybridized carbons (Fsp3) is 0.292. The number of nitrogens with zero attached hydrogens (tertiary/aromatic N) is 1. The van der Waals surface area contributed by atoms with Crippen molar-refractivity contribution in [1.82, 2.24) is 9.97 Å². The van der Waals surface area contributed by atoms with Gasteiger partial charge in [-0.05, 0) is 48.9 Å². The SMILES string of the molecule is COc1cc(C)c2[nH]c(=O)c3scnc3c2c1-c1ccc(C2CCCC2OC(N)=O)cc1. The molecule has 7 nitrogen and oxygen atoms in total. The van der Waals surface area contributed by atoms with E-state index in [4.69, 9.17) is 15.2 Å². The Morgan fingerprint density at radius 3 is 2.75 bits per heavy atom. The van der Waals surface area contributed by atoms with Crippen LogP contribution in [0.25, 0.3) is 32.2 Å². The molecule has 0 radical (unpaired) electrons. The number of fused-ring (bicyclic) bond motifs is 3. The minimum absolute atomic E-state index is 0.133. The van der Waals surface area contributed by atoms with Gasteiger partial charge < -0.3 is 20.2 Å². The number of rotatable bonds is 4. The van der Waals surface area contributed by atoms with Crippen LogP contribution >= 0.6 is 11.3 Å². The van der Waals surface area contributed by atoms with Gasteiger partial charge in [0.1, 0.15) is 16.6 Å². The van der Waals surface area contributed by atoms with Crippen molar-refractivity contribution < 1.29 is 14.3 Å². The van der Waals surface area contributed by atoms with Crippen molar-refractivity contribution in [2.45, 2.75) is 38.2 Å². The summed E-state index contributed by atoms with van der Waals surface area (Å²) in [4.78, 5) is 31.3. The zero-order chi connectivity index (χ0) is 22.4. The first-order valence-electron chi connectivity index (χ1n) is 10.5. The summed E-state index contributed by atoms with van der Waals surface area (Å²) in [6, 6.07) is 10.2. The number of nitrogens with one attached hydrogen (secondary N) is 1. The second-order valence-electron chi connectivity index (χ2n) is 8.14. The Labute approximate surface area is 188 Å². The van der Waals surface area contributed by atoms with E-state index < -0.39 is 6.09 Å². The van der Waals surface area contributed by atoms with Crippen LogP contribution in [0.3, 0.4) is 0 Å². The summed E-state index contributed by atoms with van der Waals surface area (Å²) < 4.78 is 11.7. The van der Waals surface area contributed by atoms with E-state index in [9.17, 15) is 9.59 Å². The molecule has 1 fully saturated rings. The Hall–Kier alpha value is -3.39. The van der Waals surface area contributed by atoms with Crippen LogP contribution < -0.4 is 16.0 Å². The van der Waals surface area contributed by atoms with Crippen LogP contribution in [0, 0.1) is 6.92 Å². The molecule has 2 aromatic heterocycles. The molecule has 5 rings (SSSR count). The maximum atomic E-state index is 12.5. The van der Waals surface area contributed by atoms with Gasteiger partial charge in [0, 0.05) is 16.9 Å². The lowest BCUT2D eigenvalue weighted by molar-refractivity contribution is 0.100. The van der Waals surface area contributed by atoms with E-state index in [1.54, 1.807) is 12.6 Å². The summed E-state index contributed by atoms with van der Waals surface area (Å²) in [5.41, 5.74) is 12.1. The Balaban J connectivity index is 1.66. The number of H-pyrrole nitrogens is 1. The van der Waals surface area contributed by atoms with Gasteiger partial charge in [-0.15, -0.1) is 11.3 Å². The number of aromatic amines is 1. The molecule has 32 heavy (non-hydrogen) atoms. The average molecular weight is 450 g/mol. The molecule has 0 bridgehead atoms. The third kappa shape index (κ3) is 3.31. The first-order chi connectivity index (χ1) is 15.5. The molecular weight excluding hydrogens is 426 g/mol. The normalized spacial score (nSPS) is 18.3. The molecule has 1 saturated carbocycles. The molecule has 1 amide bonds. The number of benzene rings is 2. The topological polar surface area (TPSA) is 107 Å². The number of thiazole rings is 1. The largest absolute Gasteiger partial charge is 0.496 e. The van der Waals surface area contributed by atoms with E-state index in [1.807, 2.05) is 25.1 Å². The van der Waals surface area contributed by atoms with Crippen molar-refractivity contribution in [3.05, 3.63) is 57.3 Å². The number of carbonyl (C=O) groups is 1. The molecule has 0 spiro atoms. The second kappa shape index (κ2) is 7.94. The summed E-state index contributed by atoms with van der Waals surface area (Å²) in [6.07, 6.45) is 1.86. The predicted octanol–water partition coefficient (Wildman–Crippen LogP) is 4.85. The van der Waals surface area contributed by atoms with E-state index in [1.165, 1.54) is 11.3 Å². The second-order valence-corrected chi connectivity index (χ2v) is 8.99. The zero-order valence-corrected chi connectivity index (χ0v) is 18.6. The highest BCUT2D eigenvalue weighted by Gasteiger charge is 2.31. The van der Waals surface area contributed by atoms with E-state index in [2.05, 4.69) is 22.1 Å². The molecule has 164 valence electrons. The fourth-order valence-electron chi connectivity index (χ4n) is 4.88. The van der Waals surface area contributed by atoms with Gasteiger partial charge in [-0.25, -0.2) is 9.78 Å². The number of aryl methyl sites for hydroxylation is 1. The summed E-state index contributed by atoms with van der Waals surface area (Å²) in [5, 5.41) is 0.876. The number of nitrogens with two attached hydrogens (primary N) is 1. The van der Waals surface area contributed by atoms with Gasteiger partial charge in [-0.2, -0.15) is 0 Å². The van der Waals surface area contributed by atoms with Crippen molar-refractivity contribution in [3.8, 4) is 16.9 Å². The van der Waals surface area contributed by atoms with Crippen LogP contribution in [-0.4, -0.2) is 29.3 Å². The van der Waals surface area contributed by atoms with Crippen molar-refractivity contribution in [2.75, 3.05) is 7.11 Å². The molecule has 1 aliphatic rings. The number of amides is 1. The van der Waals surface area contributed by atoms with Crippen molar-refractivity contribution in [2.24, 2.45) is 5.73 Å². The third-order valence-corrected chi connectivity index (χ3v) is 7.13. The smallest absolute Gasteiger partial charge is 0.404 e. The minimum Gasteiger partial charge on any atom is -0.496 e. The van der Waals surface area contributed by atoms with Crippen molar-refractivity contribution in [1.29, 1.82) is 0 Å². The summed E-state index contributed by atoms with van der Waals surface area (Å²) in [6.45, 7) is 1.95. The quantitative estimate of drug-likeness (QED) is 0.463. The highest BCUT2D eigenvalue weighted by atomic mass is 32.1. The van der Waals surface area contributed by atoms with Crippen LogP contribution in [0.2, 0.25) is 0 Å². The standard InChI is InChI=1S/C24H23N3O4S/c1-12-10-17(30-2)18(19-20(12)27-23(28)22-21(19)26-11-32-22)14-8-6-13(7-9-14)15-4-3-5-16(15)31-24(25)29/h6-11,15-16H,3-5H2,1-2H3,(H2,25,29)(H,27,28). The predicted molar refractivity (Wildman–Crippen MR) is 126 cm³/mol. The first kappa shape index (κ1) is 20.5. The maximum Gasteiger partial charge on any atom is 0.404 e. The number of ether oxygens (including phenoxy) is 2. The fourth-order valence-corrected chi connectivity index (χ4v) is 5.57. The number of carbonyl (C=O) groups excluding carboxylic acids is 1. The van der Waals surface area contributed by atoms with E-state index in [0.29, 0.717) is 10.2 Å². The van der Waals surface area contributed by atoms with Crippen LogP contribution in [0.5, 0.6) is 5.75 Å². The number of pyridine rings is 1. The highest BCUT2D eigenvalue weighted by Crippen LogP contribution is 2.42. The summed E-state index contributed by atoms with van der Waals surface area (Å²) >= 11 is 1.33. The van der Waals surface area contributed by atoms with Gasteiger partial charge in [0.05, 0.1) is 23.7 Å². The monoisotopic (exact) mass is 449 g/mol. The molecular formula is C24H23N3O4S. The van der Waals surface area contributed by atoms with Gasteiger partial charge in [0.15, 0.2) is 0 Å². The molecule has 2 aromatic carbocycles. The summed E-state index contributed by atoms with van der Waals surface area (Å²) in [7, 11) is 1.65. The Morgan fingerprint density at radius 2 is 2.03 bits per heavy atom. The molecule has 2 atom stereocenters. The van der Waals surface area contributed by atoms with Gasteiger partial charge in [0.2, 0.25) is 0 Å². The molecule has 2 heterocycles. The Kier molecular flexibility index (Phi) is 5.09. The van der Waals surface area contributed by atoms with Gasteiger partial charge in [-0.3, -0.25) is 4.79 Å².